The van der Waals surface area contributed by atoms with Crippen molar-refractivity contribution in [3.63, 3.8) is 0 Å². The summed E-state index contributed by atoms with van der Waals surface area (Å²) in [5.41, 5.74) is 6.00. The van der Waals surface area contributed by atoms with Crippen molar-refractivity contribution in [1.29, 1.82) is 0 Å². The number of rotatable bonds is 1. The number of fused-ring (bicyclic) bond motifs is 1. The number of nitrogen functional groups attached to an aromatic ring is 1. The Kier molecular flexibility index (Phi) is 1.74. The molecule has 0 aliphatic rings. The van der Waals surface area contributed by atoms with Crippen LogP contribution in [0.4, 0.5) is 11.4 Å². The van der Waals surface area contributed by atoms with Crippen LogP contribution in [0.3, 0.4) is 0 Å². The molecule has 14 heavy (non-hydrogen) atoms. The Morgan fingerprint density at radius 2 is 2.21 bits per heavy atom. The van der Waals surface area contributed by atoms with Crippen molar-refractivity contribution in [3.8, 4) is 0 Å². The molecule has 1 heterocycles. The summed E-state index contributed by atoms with van der Waals surface area (Å²) in [5, 5.41) is 11.2. The zero-order valence-electron chi connectivity index (χ0n) is 7.04. The summed E-state index contributed by atoms with van der Waals surface area (Å²) >= 11 is 0. The molecule has 2 N–H and O–H groups in total. The van der Waals surface area contributed by atoms with Gasteiger partial charge in [0, 0.05) is 17.6 Å². The topological polar surface area (TPSA) is 94.9 Å². The molecular formula is C8H6N4O2. The molecule has 1 aromatic heterocycles. The summed E-state index contributed by atoms with van der Waals surface area (Å²) in [4.78, 5) is 17.7. The number of nitro benzene ring substituents is 1. The third-order valence-corrected chi connectivity index (χ3v) is 1.85. The first-order chi connectivity index (χ1) is 6.68. The van der Waals surface area contributed by atoms with Crippen LogP contribution in [0.25, 0.3) is 10.9 Å². The van der Waals surface area contributed by atoms with Crippen LogP contribution < -0.4 is 5.73 Å². The van der Waals surface area contributed by atoms with E-state index < -0.39 is 4.92 Å². The quantitative estimate of drug-likeness (QED) is 0.413. The van der Waals surface area contributed by atoms with Crippen LogP contribution >= 0.6 is 0 Å². The van der Waals surface area contributed by atoms with Crippen LogP contribution in [0, 0.1) is 10.1 Å². The van der Waals surface area contributed by atoms with E-state index in [9.17, 15) is 10.1 Å². The normalized spacial score (nSPS) is 10.3. The maximum atomic E-state index is 10.5. The number of nitrogens with zero attached hydrogens (tertiary/aromatic N) is 3. The molecule has 0 spiro atoms. The van der Waals surface area contributed by atoms with E-state index in [0.29, 0.717) is 10.9 Å². The monoisotopic (exact) mass is 190 g/mol. The van der Waals surface area contributed by atoms with Crippen LogP contribution in [0.2, 0.25) is 0 Å². The summed E-state index contributed by atoms with van der Waals surface area (Å²) in [6, 6.07) is 2.83. The molecule has 1 aromatic carbocycles. The molecule has 0 atom stereocenters. The van der Waals surface area contributed by atoms with Gasteiger partial charge in [0.05, 0.1) is 10.4 Å². The first kappa shape index (κ1) is 8.36. The second kappa shape index (κ2) is 2.91. The molecule has 2 aromatic rings. The lowest BCUT2D eigenvalue weighted by atomic mass is 10.2. The SMILES string of the molecule is Nc1cc2cncnc2cc1[N+](=O)[O-]. The minimum Gasteiger partial charge on any atom is -0.393 e. The second-order valence-electron chi connectivity index (χ2n) is 2.75. The van der Waals surface area contributed by atoms with E-state index in [0.717, 1.165) is 0 Å². The summed E-state index contributed by atoms with van der Waals surface area (Å²) in [6.07, 6.45) is 2.89. The largest absolute Gasteiger partial charge is 0.393 e. The van der Waals surface area contributed by atoms with Gasteiger partial charge < -0.3 is 5.73 Å². The fourth-order valence-electron chi connectivity index (χ4n) is 1.19. The molecular weight excluding hydrogens is 184 g/mol. The number of anilines is 1. The van der Waals surface area contributed by atoms with E-state index in [-0.39, 0.29) is 11.4 Å². The van der Waals surface area contributed by atoms with Crippen molar-refractivity contribution in [2.24, 2.45) is 0 Å². The molecule has 6 heteroatoms. The Labute approximate surface area is 78.5 Å². The van der Waals surface area contributed by atoms with Crippen LogP contribution in [0.1, 0.15) is 0 Å². The van der Waals surface area contributed by atoms with E-state index in [1.54, 1.807) is 6.20 Å². The highest BCUT2D eigenvalue weighted by Crippen LogP contribution is 2.25. The Hall–Kier alpha value is -2.24. The van der Waals surface area contributed by atoms with E-state index in [2.05, 4.69) is 9.97 Å². The average molecular weight is 190 g/mol. The predicted octanol–water partition coefficient (Wildman–Crippen LogP) is 1.12. The molecule has 70 valence electrons. The summed E-state index contributed by atoms with van der Waals surface area (Å²) in [5.74, 6) is 0. The molecule has 0 fully saturated rings. The average Bonchev–Trinajstić information content (AvgIpc) is 2.16. The lowest BCUT2D eigenvalue weighted by Crippen LogP contribution is -1.96. The van der Waals surface area contributed by atoms with Crippen molar-refractivity contribution in [2.75, 3.05) is 5.73 Å². The molecule has 0 saturated carbocycles. The van der Waals surface area contributed by atoms with Crippen LogP contribution in [-0.2, 0) is 0 Å². The van der Waals surface area contributed by atoms with Crippen molar-refractivity contribution in [3.05, 3.63) is 34.8 Å². The van der Waals surface area contributed by atoms with E-state index >= 15 is 0 Å². The molecule has 0 amide bonds. The van der Waals surface area contributed by atoms with Gasteiger partial charge in [-0.1, -0.05) is 0 Å². The highest BCUT2D eigenvalue weighted by atomic mass is 16.6. The highest BCUT2D eigenvalue weighted by Gasteiger charge is 2.12. The van der Waals surface area contributed by atoms with Gasteiger partial charge in [0.15, 0.2) is 0 Å². The molecule has 2 rings (SSSR count). The Morgan fingerprint density at radius 3 is 2.93 bits per heavy atom. The van der Waals surface area contributed by atoms with Crippen molar-refractivity contribution >= 4 is 22.3 Å². The molecule has 0 unspecified atom stereocenters. The van der Waals surface area contributed by atoms with E-state index in [1.165, 1.54) is 18.5 Å². The zero-order valence-corrected chi connectivity index (χ0v) is 7.04. The van der Waals surface area contributed by atoms with Crippen LogP contribution in [0.5, 0.6) is 0 Å². The van der Waals surface area contributed by atoms with Gasteiger partial charge in [-0.2, -0.15) is 0 Å². The highest BCUT2D eigenvalue weighted by molar-refractivity contribution is 5.85. The van der Waals surface area contributed by atoms with Crippen molar-refractivity contribution in [2.45, 2.75) is 0 Å². The smallest absolute Gasteiger partial charge is 0.294 e. The lowest BCUT2D eigenvalue weighted by Gasteiger charge is -1.99. The number of benzene rings is 1. The summed E-state index contributed by atoms with van der Waals surface area (Å²) in [7, 11) is 0. The molecule has 0 aliphatic heterocycles. The number of nitro groups is 1. The van der Waals surface area contributed by atoms with Crippen molar-refractivity contribution < 1.29 is 4.92 Å². The second-order valence-corrected chi connectivity index (χ2v) is 2.75. The number of nitrogens with two attached hydrogens (primary N) is 1. The lowest BCUT2D eigenvalue weighted by molar-refractivity contribution is -0.383. The predicted molar refractivity (Wildman–Crippen MR) is 50.6 cm³/mol. The van der Waals surface area contributed by atoms with Gasteiger partial charge in [-0.05, 0) is 6.07 Å². The Morgan fingerprint density at radius 1 is 1.43 bits per heavy atom. The van der Waals surface area contributed by atoms with Gasteiger partial charge in [0.2, 0.25) is 0 Å². The Balaban J connectivity index is 2.77. The third kappa shape index (κ3) is 1.22. The number of hydrogen-bond acceptors (Lipinski definition) is 5. The van der Waals surface area contributed by atoms with E-state index in [1.807, 2.05) is 0 Å². The fourth-order valence-corrected chi connectivity index (χ4v) is 1.19. The van der Waals surface area contributed by atoms with Gasteiger partial charge in [-0.3, -0.25) is 10.1 Å². The Bertz CT molecular complexity index is 512. The fraction of sp³-hybridized carbons (Fsp3) is 0. The number of hydrogen-bond donors (Lipinski definition) is 1. The molecule has 0 radical (unpaired) electrons. The van der Waals surface area contributed by atoms with E-state index in [4.69, 9.17) is 5.73 Å². The van der Waals surface area contributed by atoms with Crippen LogP contribution in [0.15, 0.2) is 24.7 Å². The van der Waals surface area contributed by atoms with Gasteiger partial charge in [0.1, 0.15) is 12.0 Å². The van der Waals surface area contributed by atoms with Crippen molar-refractivity contribution in [1.82, 2.24) is 9.97 Å². The molecule has 6 nitrogen and oxygen atoms in total. The maximum absolute atomic E-state index is 10.5. The first-order valence-corrected chi connectivity index (χ1v) is 3.82. The van der Waals surface area contributed by atoms with Gasteiger partial charge in [-0.25, -0.2) is 9.97 Å². The third-order valence-electron chi connectivity index (χ3n) is 1.85. The minimum absolute atomic E-state index is 0.123. The van der Waals surface area contributed by atoms with Gasteiger partial charge in [0.25, 0.3) is 5.69 Å². The summed E-state index contributed by atoms with van der Waals surface area (Å²) in [6.45, 7) is 0. The first-order valence-electron chi connectivity index (χ1n) is 3.82. The number of aromatic nitrogens is 2. The summed E-state index contributed by atoms with van der Waals surface area (Å²) < 4.78 is 0. The maximum Gasteiger partial charge on any atom is 0.294 e. The molecule has 0 bridgehead atoms. The van der Waals surface area contributed by atoms with Gasteiger partial charge in [-0.15, -0.1) is 0 Å². The standard InChI is InChI=1S/C8H6N4O2/c9-6-1-5-3-10-4-11-7(5)2-8(6)12(13)14/h1-4H,9H2. The molecule has 0 aliphatic carbocycles. The van der Waals surface area contributed by atoms with Gasteiger partial charge >= 0.3 is 0 Å². The van der Waals surface area contributed by atoms with Crippen LogP contribution in [-0.4, -0.2) is 14.9 Å². The zero-order chi connectivity index (χ0) is 10.1. The molecule has 0 saturated heterocycles. The minimum atomic E-state index is -0.531.